The molecular weight excluding hydrogens is 300 g/mol. The van der Waals surface area contributed by atoms with Crippen molar-refractivity contribution in [3.63, 3.8) is 0 Å². The highest BCUT2D eigenvalue weighted by Gasteiger charge is 2.42. The van der Waals surface area contributed by atoms with Crippen LogP contribution in [0.5, 0.6) is 5.75 Å². The van der Waals surface area contributed by atoms with Gasteiger partial charge in [0.1, 0.15) is 11.4 Å². The van der Waals surface area contributed by atoms with Crippen molar-refractivity contribution in [2.24, 2.45) is 0 Å². The summed E-state index contributed by atoms with van der Waals surface area (Å²) >= 11 is 0. The topological polar surface area (TPSA) is 51.2 Å². The van der Waals surface area contributed by atoms with Crippen molar-refractivity contribution in [1.82, 2.24) is 10.3 Å². The Bertz CT molecular complexity index is 723. The number of hydrogen-bond donors (Lipinski definition) is 1. The summed E-state index contributed by atoms with van der Waals surface area (Å²) in [6, 6.07) is 11.7. The average Bonchev–Trinajstić information content (AvgIpc) is 2.63. The smallest absolute Gasteiger partial charge is 0.253 e. The molecule has 1 saturated carbocycles. The maximum atomic E-state index is 12.6. The quantitative estimate of drug-likeness (QED) is 0.908. The largest absolute Gasteiger partial charge is 0.487 e. The minimum absolute atomic E-state index is 0.0132. The van der Waals surface area contributed by atoms with Gasteiger partial charge >= 0.3 is 0 Å². The molecule has 1 fully saturated rings. The summed E-state index contributed by atoms with van der Waals surface area (Å²) in [6.45, 7) is 0. The standard InChI is InChI=1S/C20H22N2O2/c23-19(15-7-6-12-21-14-15)22-17-13-20(10-4-1-5-11-20)24-18-9-3-2-8-16(17)18/h2-3,6-9,12,14,17H,1,4-5,10-11,13H2,(H,22,23). The van der Waals surface area contributed by atoms with Gasteiger partial charge in [0.05, 0.1) is 11.6 Å². The van der Waals surface area contributed by atoms with E-state index in [-0.39, 0.29) is 17.6 Å². The highest BCUT2D eigenvalue weighted by Crippen LogP contribution is 2.46. The first-order chi connectivity index (χ1) is 11.8. The Kier molecular flexibility index (Phi) is 3.97. The van der Waals surface area contributed by atoms with Crippen LogP contribution in [-0.4, -0.2) is 16.5 Å². The molecule has 2 heterocycles. The number of nitrogens with zero attached hydrogens (tertiary/aromatic N) is 1. The van der Waals surface area contributed by atoms with E-state index in [0.717, 1.165) is 30.6 Å². The third kappa shape index (κ3) is 2.88. The molecule has 1 aromatic heterocycles. The normalized spacial score (nSPS) is 21.6. The van der Waals surface area contributed by atoms with Gasteiger partial charge in [0, 0.05) is 24.4 Å². The predicted octanol–water partition coefficient (Wildman–Crippen LogP) is 4.04. The van der Waals surface area contributed by atoms with Crippen molar-refractivity contribution >= 4 is 5.91 Å². The Labute approximate surface area is 142 Å². The number of amides is 1. The summed E-state index contributed by atoms with van der Waals surface area (Å²) in [5, 5.41) is 3.20. The Morgan fingerprint density at radius 1 is 1.12 bits per heavy atom. The zero-order chi connectivity index (χ0) is 16.4. The van der Waals surface area contributed by atoms with Crippen LogP contribution >= 0.6 is 0 Å². The Morgan fingerprint density at radius 2 is 1.96 bits per heavy atom. The van der Waals surface area contributed by atoms with E-state index in [1.807, 2.05) is 18.2 Å². The van der Waals surface area contributed by atoms with E-state index in [0.29, 0.717) is 5.56 Å². The molecule has 1 atom stereocenters. The number of rotatable bonds is 2. The number of benzene rings is 1. The first kappa shape index (κ1) is 15.2. The lowest BCUT2D eigenvalue weighted by molar-refractivity contribution is -0.00210. The van der Waals surface area contributed by atoms with Gasteiger partial charge in [-0.05, 0) is 43.9 Å². The van der Waals surface area contributed by atoms with E-state index in [1.165, 1.54) is 19.3 Å². The fourth-order valence-corrected chi connectivity index (χ4v) is 3.99. The summed E-state index contributed by atoms with van der Waals surface area (Å²) in [7, 11) is 0. The number of nitrogens with one attached hydrogen (secondary N) is 1. The van der Waals surface area contributed by atoms with Gasteiger partial charge in [-0.2, -0.15) is 0 Å². The van der Waals surface area contributed by atoms with E-state index in [4.69, 9.17) is 4.74 Å². The zero-order valence-electron chi connectivity index (χ0n) is 13.7. The number of ether oxygens (including phenoxy) is 1. The van der Waals surface area contributed by atoms with Crippen LogP contribution in [0.1, 0.15) is 60.5 Å². The van der Waals surface area contributed by atoms with Gasteiger partial charge in [-0.15, -0.1) is 0 Å². The van der Waals surface area contributed by atoms with Crippen LogP contribution in [0, 0.1) is 0 Å². The highest BCUT2D eigenvalue weighted by molar-refractivity contribution is 5.94. The summed E-state index contributed by atoms with van der Waals surface area (Å²) in [5.74, 6) is 0.845. The van der Waals surface area contributed by atoms with Crippen molar-refractivity contribution in [1.29, 1.82) is 0 Å². The highest BCUT2D eigenvalue weighted by atomic mass is 16.5. The first-order valence-corrected chi connectivity index (χ1v) is 8.75. The minimum Gasteiger partial charge on any atom is -0.487 e. The molecule has 4 heteroatoms. The lowest BCUT2D eigenvalue weighted by atomic mass is 9.77. The fraction of sp³-hybridized carbons (Fsp3) is 0.400. The molecule has 124 valence electrons. The SMILES string of the molecule is O=C(NC1CC2(CCCCC2)Oc2ccccc21)c1cccnc1. The van der Waals surface area contributed by atoms with Gasteiger partial charge in [0.15, 0.2) is 0 Å². The molecule has 2 aromatic rings. The van der Waals surface area contributed by atoms with Crippen LogP contribution in [0.2, 0.25) is 0 Å². The van der Waals surface area contributed by atoms with Crippen molar-refractivity contribution in [2.75, 3.05) is 0 Å². The van der Waals surface area contributed by atoms with Crippen molar-refractivity contribution in [3.05, 3.63) is 59.9 Å². The predicted molar refractivity (Wildman–Crippen MR) is 91.9 cm³/mol. The molecule has 1 aliphatic heterocycles. The molecule has 1 spiro atoms. The van der Waals surface area contributed by atoms with Crippen LogP contribution in [0.3, 0.4) is 0 Å². The number of aromatic nitrogens is 1. The summed E-state index contributed by atoms with van der Waals surface area (Å²) in [5.41, 5.74) is 1.55. The maximum absolute atomic E-state index is 12.6. The number of carbonyl (C=O) groups is 1. The first-order valence-electron chi connectivity index (χ1n) is 8.75. The van der Waals surface area contributed by atoms with Gasteiger partial charge < -0.3 is 10.1 Å². The van der Waals surface area contributed by atoms with E-state index in [2.05, 4.69) is 16.4 Å². The number of carbonyl (C=O) groups excluding carboxylic acids is 1. The van der Waals surface area contributed by atoms with Crippen LogP contribution < -0.4 is 10.1 Å². The van der Waals surface area contributed by atoms with Gasteiger partial charge in [-0.3, -0.25) is 9.78 Å². The zero-order valence-corrected chi connectivity index (χ0v) is 13.7. The monoisotopic (exact) mass is 322 g/mol. The van der Waals surface area contributed by atoms with Gasteiger partial charge in [-0.1, -0.05) is 24.6 Å². The number of hydrogen-bond acceptors (Lipinski definition) is 3. The second kappa shape index (κ2) is 6.27. The van der Waals surface area contributed by atoms with Gasteiger partial charge in [0.2, 0.25) is 0 Å². The van der Waals surface area contributed by atoms with Gasteiger partial charge in [0.25, 0.3) is 5.91 Å². The molecule has 4 nitrogen and oxygen atoms in total. The minimum atomic E-state index is -0.126. The van der Waals surface area contributed by atoms with Crippen molar-refractivity contribution in [3.8, 4) is 5.75 Å². The fourth-order valence-electron chi connectivity index (χ4n) is 3.99. The number of fused-ring (bicyclic) bond motifs is 1. The van der Waals surface area contributed by atoms with E-state index in [9.17, 15) is 4.79 Å². The number of para-hydroxylation sites is 1. The lowest BCUT2D eigenvalue weighted by Gasteiger charge is -2.44. The molecule has 0 radical (unpaired) electrons. The van der Waals surface area contributed by atoms with Crippen LogP contribution in [0.15, 0.2) is 48.8 Å². The molecule has 0 saturated heterocycles. The molecule has 2 aliphatic rings. The Balaban J connectivity index is 1.62. The second-order valence-corrected chi connectivity index (χ2v) is 6.86. The number of pyridine rings is 1. The molecule has 0 bridgehead atoms. The van der Waals surface area contributed by atoms with Gasteiger partial charge in [-0.25, -0.2) is 0 Å². The van der Waals surface area contributed by atoms with Crippen LogP contribution in [-0.2, 0) is 0 Å². The summed E-state index contributed by atoms with van der Waals surface area (Å²) < 4.78 is 6.41. The maximum Gasteiger partial charge on any atom is 0.253 e. The van der Waals surface area contributed by atoms with E-state index < -0.39 is 0 Å². The lowest BCUT2D eigenvalue weighted by Crippen LogP contribution is -2.46. The van der Waals surface area contributed by atoms with E-state index in [1.54, 1.807) is 24.5 Å². The Morgan fingerprint density at radius 3 is 2.75 bits per heavy atom. The van der Waals surface area contributed by atoms with Crippen molar-refractivity contribution in [2.45, 2.75) is 50.2 Å². The third-order valence-electron chi connectivity index (χ3n) is 5.19. The molecular formula is C20H22N2O2. The Hall–Kier alpha value is -2.36. The summed E-state index contributed by atoms with van der Waals surface area (Å²) in [4.78, 5) is 16.6. The molecule has 4 rings (SSSR count). The third-order valence-corrected chi connectivity index (χ3v) is 5.19. The van der Waals surface area contributed by atoms with E-state index >= 15 is 0 Å². The molecule has 1 N–H and O–H groups in total. The molecule has 1 aromatic carbocycles. The second-order valence-electron chi connectivity index (χ2n) is 6.86. The average molecular weight is 322 g/mol. The van der Waals surface area contributed by atoms with Crippen LogP contribution in [0.4, 0.5) is 0 Å². The summed E-state index contributed by atoms with van der Waals surface area (Å²) in [6.07, 6.45) is 9.95. The van der Waals surface area contributed by atoms with Crippen molar-refractivity contribution < 1.29 is 9.53 Å². The molecule has 1 amide bonds. The molecule has 1 unspecified atom stereocenters. The van der Waals surface area contributed by atoms with Crippen LogP contribution in [0.25, 0.3) is 0 Å². The molecule has 1 aliphatic carbocycles. The molecule has 24 heavy (non-hydrogen) atoms.